The van der Waals surface area contributed by atoms with Crippen LogP contribution < -0.4 is 10.6 Å². The summed E-state index contributed by atoms with van der Waals surface area (Å²) in [6.07, 6.45) is 6.75. The molecule has 0 amide bonds. The molecule has 0 saturated heterocycles. The number of guanidine groups is 1. The Labute approximate surface area is 127 Å². The fraction of sp³-hybridized carbons (Fsp3) is 0.867. The minimum absolute atomic E-state index is 0.0771. The van der Waals surface area contributed by atoms with Crippen LogP contribution in [-0.4, -0.2) is 51.9 Å². The third-order valence-electron chi connectivity index (χ3n) is 3.49. The number of hydrogen-bond donors (Lipinski definition) is 2. The van der Waals surface area contributed by atoms with Gasteiger partial charge >= 0.3 is 5.97 Å². The predicted octanol–water partition coefficient (Wildman–Crippen LogP) is 1.45. The summed E-state index contributed by atoms with van der Waals surface area (Å²) < 4.78 is 10.4. The molecule has 122 valence electrons. The molecule has 21 heavy (non-hydrogen) atoms. The lowest BCUT2D eigenvalue weighted by Gasteiger charge is -2.13. The molecule has 6 nitrogen and oxygen atoms in total. The van der Waals surface area contributed by atoms with E-state index in [-0.39, 0.29) is 12.1 Å². The maximum atomic E-state index is 11.6. The van der Waals surface area contributed by atoms with Gasteiger partial charge in [-0.1, -0.05) is 0 Å². The molecule has 0 heterocycles. The summed E-state index contributed by atoms with van der Waals surface area (Å²) in [7, 11) is 3.43. The van der Waals surface area contributed by atoms with Gasteiger partial charge in [0, 0.05) is 40.3 Å². The largest absolute Gasteiger partial charge is 0.462 e. The molecule has 1 fully saturated rings. The van der Waals surface area contributed by atoms with Crippen molar-refractivity contribution in [2.45, 2.75) is 51.0 Å². The molecular weight excluding hydrogens is 270 g/mol. The van der Waals surface area contributed by atoms with Crippen molar-refractivity contribution in [2.24, 2.45) is 4.99 Å². The zero-order valence-corrected chi connectivity index (χ0v) is 13.3. The second-order valence-corrected chi connectivity index (χ2v) is 5.27. The highest BCUT2D eigenvalue weighted by Crippen LogP contribution is 2.21. The summed E-state index contributed by atoms with van der Waals surface area (Å²) in [5.74, 6) is 0.682. The molecule has 0 unspecified atom stereocenters. The minimum atomic E-state index is -0.0771. The van der Waals surface area contributed by atoms with Crippen molar-refractivity contribution >= 4 is 11.9 Å². The van der Waals surface area contributed by atoms with Crippen LogP contribution in [-0.2, 0) is 14.3 Å². The lowest BCUT2D eigenvalue weighted by atomic mass is 10.3. The quantitative estimate of drug-likeness (QED) is 0.292. The Kier molecular flexibility index (Phi) is 9.61. The van der Waals surface area contributed by atoms with Gasteiger partial charge in [-0.05, 0) is 38.5 Å². The molecule has 0 aromatic heterocycles. The average Bonchev–Trinajstić information content (AvgIpc) is 2.98. The molecule has 6 heteroatoms. The Balaban J connectivity index is 2.01. The van der Waals surface area contributed by atoms with Gasteiger partial charge in [-0.2, -0.15) is 0 Å². The molecular formula is C15H29N3O3. The van der Waals surface area contributed by atoms with Crippen LogP contribution in [0.1, 0.15) is 44.9 Å². The van der Waals surface area contributed by atoms with Gasteiger partial charge in [0.05, 0.1) is 0 Å². The van der Waals surface area contributed by atoms with E-state index in [2.05, 4.69) is 15.6 Å². The van der Waals surface area contributed by atoms with Gasteiger partial charge in [0.15, 0.2) is 5.96 Å². The van der Waals surface area contributed by atoms with E-state index in [0.717, 1.165) is 44.8 Å². The van der Waals surface area contributed by atoms with Crippen LogP contribution in [0, 0.1) is 0 Å². The molecule has 0 bridgehead atoms. The summed E-state index contributed by atoms with van der Waals surface area (Å²) in [6, 6.07) is 0. The van der Waals surface area contributed by atoms with E-state index in [9.17, 15) is 4.79 Å². The first kappa shape index (κ1) is 17.8. The number of methoxy groups -OCH3 is 1. The Morgan fingerprint density at radius 3 is 2.48 bits per heavy atom. The normalized spacial score (nSPS) is 16.0. The zero-order chi connectivity index (χ0) is 15.3. The maximum absolute atomic E-state index is 11.6. The van der Waals surface area contributed by atoms with Gasteiger partial charge in [-0.15, -0.1) is 0 Å². The van der Waals surface area contributed by atoms with Crippen LogP contribution in [0.2, 0.25) is 0 Å². The monoisotopic (exact) mass is 299 g/mol. The number of nitrogens with zero attached hydrogens (tertiary/aromatic N) is 1. The van der Waals surface area contributed by atoms with Crippen molar-refractivity contribution in [1.29, 1.82) is 0 Å². The molecule has 1 aliphatic carbocycles. The van der Waals surface area contributed by atoms with E-state index in [1.54, 1.807) is 14.2 Å². The van der Waals surface area contributed by atoms with Gasteiger partial charge in [0.2, 0.25) is 0 Å². The van der Waals surface area contributed by atoms with Crippen LogP contribution in [0.5, 0.6) is 0 Å². The van der Waals surface area contributed by atoms with E-state index in [1.165, 1.54) is 12.8 Å². The fourth-order valence-corrected chi connectivity index (χ4v) is 2.33. The van der Waals surface area contributed by atoms with E-state index in [4.69, 9.17) is 9.47 Å². The van der Waals surface area contributed by atoms with Gasteiger partial charge in [-0.25, -0.2) is 0 Å². The third kappa shape index (κ3) is 8.55. The maximum Gasteiger partial charge on any atom is 0.306 e. The number of rotatable bonds is 9. The number of carbonyl (C=O) groups excluding carboxylic acids is 1. The highest BCUT2D eigenvalue weighted by atomic mass is 16.5. The van der Waals surface area contributed by atoms with Gasteiger partial charge in [0.25, 0.3) is 0 Å². The second kappa shape index (κ2) is 11.4. The Hall–Kier alpha value is -1.30. The van der Waals surface area contributed by atoms with Crippen LogP contribution in [0.4, 0.5) is 0 Å². The summed E-state index contributed by atoms with van der Waals surface area (Å²) in [4.78, 5) is 15.8. The summed E-state index contributed by atoms with van der Waals surface area (Å²) in [6.45, 7) is 2.26. The minimum Gasteiger partial charge on any atom is -0.462 e. The van der Waals surface area contributed by atoms with E-state index in [1.807, 2.05) is 0 Å². The van der Waals surface area contributed by atoms with Crippen molar-refractivity contribution < 1.29 is 14.3 Å². The lowest BCUT2D eigenvalue weighted by molar-refractivity contribution is -0.148. The van der Waals surface area contributed by atoms with E-state index in [0.29, 0.717) is 13.0 Å². The number of hydrogen-bond acceptors (Lipinski definition) is 4. The van der Waals surface area contributed by atoms with Gasteiger partial charge in [-0.3, -0.25) is 9.79 Å². The summed E-state index contributed by atoms with van der Waals surface area (Å²) in [5.41, 5.74) is 0. The number of carbonyl (C=O) groups is 1. The number of ether oxygens (including phenoxy) is 2. The van der Waals surface area contributed by atoms with E-state index < -0.39 is 0 Å². The molecule has 0 atom stereocenters. The fourth-order valence-electron chi connectivity index (χ4n) is 2.33. The standard InChI is InChI=1S/C15H29N3O3/c1-16-15(18-11-6-12-20-2)17-10-5-9-14(19)21-13-7-3-4-8-13/h13H,3-12H2,1-2H3,(H2,16,17,18). The van der Waals surface area contributed by atoms with Crippen LogP contribution in [0.15, 0.2) is 4.99 Å². The SMILES string of the molecule is CN=C(NCCCOC)NCCCC(=O)OC1CCCC1. The second-order valence-electron chi connectivity index (χ2n) is 5.27. The van der Waals surface area contributed by atoms with Gasteiger partial charge < -0.3 is 20.1 Å². The highest BCUT2D eigenvalue weighted by Gasteiger charge is 2.18. The Morgan fingerprint density at radius 2 is 1.86 bits per heavy atom. The van der Waals surface area contributed by atoms with Crippen molar-refractivity contribution in [1.82, 2.24) is 10.6 Å². The van der Waals surface area contributed by atoms with Gasteiger partial charge in [0.1, 0.15) is 6.10 Å². The summed E-state index contributed by atoms with van der Waals surface area (Å²) in [5, 5.41) is 6.38. The molecule has 1 saturated carbocycles. The first-order valence-electron chi connectivity index (χ1n) is 7.89. The highest BCUT2D eigenvalue weighted by molar-refractivity contribution is 5.79. The Bertz CT molecular complexity index is 315. The first-order valence-corrected chi connectivity index (χ1v) is 7.89. The van der Waals surface area contributed by atoms with Crippen molar-refractivity contribution in [3.63, 3.8) is 0 Å². The molecule has 0 radical (unpaired) electrons. The predicted molar refractivity (Wildman–Crippen MR) is 83.4 cm³/mol. The first-order chi connectivity index (χ1) is 10.3. The molecule has 0 aromatic carbocycles. The van der Waals surface area contributed by atoms with Crippen molar-refractivity contribution in [3.05, 3.63) is 0 Å². The van der Waals surface area contributed by atoms with Crippen LogP contribution >= 0.6 is 0 Å². The smallest absolute Gasteiger partial charge is 0.306 e. The van der Waals surface area contributed by atoms with Crippen molar-refractivity contribution in [3.8, 4) is 0 Å². The molecule has 0 spiro atoms. The molecule has 0 aromatic rings. The lowest BCUT2D eigenvalue weighted by Crippen LogP contribution is -2.38. The summed E-state index contributed by atoms with van der Waals surface area (Å²) >= 11 is 0. The molecule has 0 aliphatic heterocycles. The number of aliphatic imine (C=N–C) groups is 1. The number of esters is 1. The van der Waals surface area contributed by atoms with Crippen LogP contribution in [0.25, 0.3) is 0 Å². The van der Waals surface area contributed by atoms with E-state index >= 15 is 0 Å². The average molecular weight is 299 g/mol. The van der Waals surface area contributed by atoms with Crippen molar-refractivity contribution in [2.75, 3.05) is 33.9 Å². The molecule has 1 rings (SSSR count). The molecule has 2 N–H and O–H groups in total. The number of nitrogens with one attached hydrogen (secondary N) is 2. The zero-order valence-electron chi connectivity index (χ0n) is 13.3. The molecule has 1 aliphatic rings. The third-order valence-corrected chi connectivity index (χ3v) is 3.49. The van der Waals surface area contributed by atoms with Crippen LogP contribution in [0.3, 0.4) is 0 Å². The Morgan fingerprint density at radius 1 is 1.19 bits per heavy atom. The topological polar surface area (TPSA) is 72.0 Å².